The zero-order chi connectivity index (χ0) is 24.3. The third-order valence-corrected chi connectivity index (χ3v) is 8.51. The van der Waals surface area contributed by atoms with Gasteiger partial charge in [-0.15, -0.1) is 3.97 Å². The predicted octanol–water partition coefficient (Wildman–Crippen LogP) is 3.26. The van der Waals surface area contributed by atoms with Gasteiger partial charge in [-0.25, -0.2) is 4.98 Å². The summed E-state index contributed by atoms with van der Waals surface area (Å²) in [6.07, 6.45) is 0. The van der Waals surface area contributed by atoms with Crippen molar-refractivity contribution in [3.63, 3.8) is 0 Å². The van der Waals surface area contributed by atoms with Crippen molar-refractivity contribution >= 4 is 50.1 Å². The van der Waals surface area contributed by atoms with Crippen LogP contribution in [0, 0.1) is 0 Å². The molecule has 1 saturated heterocycles. The standard InChI is InChI=1S/C25H24N4O4S2/c30-24(26-19-10-12-20(13-11-19)28-14-16-33-17-15-28)18-34-25-27-22-8-4-5-9-23(22)29(25)35(31,32)21-6-2-1-3-7-21/h1-13H,14-18H2,(H,26,30)/p+1. The van der Waals surface area contributed by atoms with Crippen LogP contribution in [-0.4, -0.2) is 51.4 Å². The number of nitrogens with one attached hydrogen (secondary N) is 2. The van der Waals surface area contributed by atoms with Gasteiger partial charge in [-0.2, -0.15) is 8.42 Å². The fourth-order valence-corrected chi connectivity index (χ4v) is 6.56. The van der Waals surface area contributed by atoms with Crippen LogP contribution in [0.3, 0.4) is 0 Å². The van der Waals surface area contributed by atoms with Crippen LogP contribution in [-0.2, 0) is 19.6 Å². The maximum absolute atomic E-state index is 13.4. The van der Waals surface area contributed by atoms with Gasteiger partial charge in [-0.1, -0.05) is 30.3 Å². The summed E-state index contributed by atoms with van der Waals surface area (Å²) in [7, 11) is -3.86. The van der Waals surface area contributed by atoms with Gasteiger partial charge in [0.05, 0.1) is 19.0 Å². The molecular formula is C25H25N4O4S2+. The van der Waals surface area contributed by atoms with Crippen molar-refractivity contribution in [2.75, 3.05) is 42.3 Å². The number of thioether (sulfide) groups is 1. The van der Waals surface area contributed by atoms with E-state index in [0.29, 0.717) is 35.1 Å². The topological polar surface area (TPSA) is 95.4 Å². The Morgan fingerprint density at radius 1 is 0.971 bits per heavy atom. The van der Waals surface area contributed by atoms with E-state index in [1.807, 2.05) is 36.4 Å². The van der Waals surface area contributed by atoms with Gasteiger partial charge < -0.3 is 15.0 Å². The molecule has 0 atom stereocenters. The Balaban J connectivity index is 1.32. The lowest BCUT2D eigenvalue weighted by molar-refractivity contribution is -0.526. The van der Waals surface area contributed by atoms with Crippen LogP contribution in [0.5, 0.6) is 0 Å². The number of rotatable bonds is 7. The van der Waals surface area contributed by atoms with E-state index in [9.17, 15) is 13.2 Å². The number of amides is 1. The Bertz CT molecular complexity index is 1430. The second-order valence-corrected chi connectivity index (χ2v) is 10.8. The molecule has 1 fully saturated rings. The first-order valence-electron chi connectivity index (χ1n) is 11.2. The van der Waals surface area contributed by atoms with Gasteiger partial charge in [-0.05, 0) is 60.3 Å². The molecule has 0 spiro atoms. The third-order valence-electron chi connectivity index (χ3n) is 5.70. The molecule has 0 aliphatic carbocycles. The summed E-state index contributed by atoms with van der Waals surface area (Å²) in [5.41, 5.74) is 2.98. The van der Waals surface area contributed by atoms with Crippen molar-refractivity contribution in [3.05, 3.63) is 78.9 Å². The molecule has 0 radical (unpaired) electrons. The zero-order valence-corrected chi connectivity index (χ0v) is 20.5. The SMILES string of the molecule is O=C(CSc1[nH]c2ccccc2[n+]1S(=O)(=O)c1ccccc1)Nc1ccc(N2CCOCC2)cc1. The molecule has 1 aliphatic rings. The Kier molecular flexibility index (Phi) is 6.76. The molecule has 0 bridgehead atoms. The number of para-hydroxylation sites is 2. The molecule has 3 aromatic carbocycles. The number of hydrogen-bond donors (Lipinski definition) is 2. The zero-order valence-electron chi connectivity index (χ0n) is 18.9. The summed E-state index contributed by atoms with van der Waals surface area (Å²) >= 11 is 1.14. The van der Waals surface area contributed by atoms with Crippen LogP contribution in [0.2, 0.25) is 0 Å². The third kappa shape index (κ3) is 5.04. The minimum absolute atomic E-state index is 0.0440. The fourth-order valence-electron chi connectivity index (χ4n) is 3.97. The lowest BCUT2D eigenvalue weighted by atomic mass is 10.2. The average molecular weight is 510 g/mol. The highest BCUT2D eigenvalue weighted by molar-refractivity contribution is 8.00. The van der Waals surface area contributed by atoms with Crippen LogP contribution in [0.25, 0.3) is 11.0 Å². The molecule has 2 N–H and O–H groups in total. The Labute approximate surface area is 208 Å². The van der Waals surface area contributed by atoms with E-state index >= 15 is 0 Å². The summed E-state index contributed by atoms with van der Waals surface area (Å²) in [6, 6.07) is 23.1. The predicted molar refractivity (Wildman–Crippen MR) is 136 cm³/mol. The first kappa shape index (κ1) is 23.4. The molecule has 1 aliphatic heterocycles. The number of aromatic amines is 1. The summed E-state index contributed by atoms with van der Waals surface area (Å²) in [5, 5.41) is 3.26. The number of aromatic nitrogens is 2. The van der Waals surface area contributed by atoms with Gasteiger partial charge in [-0.3, -0.25) is 4.79 Å². The molecule has 35 heavy (non-hydrogen) atoms. The van der Waals surface area contributed by atoms with Crippen LogP contribution in [0.1, 0.15) is 0 Å². The van der Waals surface area contributed by atoms with Crippen LogP contribution in [0.15, 0.2) is 88.9 Å². The maximum atomic E-state index is 13.4. The highest BCUT2D eigenvalue weighted by Gasteiger charge is 2.31. The Hall–Kier alpha value is -3.34. The molecule has 5 rings (SSSR count). The summed E-state index contributed by atoms with van der Waals surface area (Å²) < 4.78 is 33.6. The van der Waals surface area contributed by atoms with Gasteiger partial charge in [0.25, 0.3) is 0 Å². The number of morpholine rings is 1. The second-order valence-electron chi connectivity index (χ2n) is 8.01. The minimum atomic E-state index is -3.86. The molecule has 1 aromatic heterocycles. The highest BCUT2D eigenvalue weighted by atomic mass is 32.2. The first-order valence-corrected chi connectivity index (χ1v) is 13.6. The smallest absolute Gasteiger partial charge is 0.336 e. The molecule has 4 aromatic rings. The lowest BCUT2D eigenvalue weighted by Crippen LogP contribution is -2.44. The minimum Gasteiger partial charge on any atom is -0.378 e. The summed E-state index contributed by atoms with van der Waals surface area (Å²) in [6.45, 7) is 3.12. The molecule has 10 heteroatoms. The maximum Gasteiger partial charge on any atom is 0.336 e. The van der Waals surface area contributed by atoms with Gasteiger partial charge in [0.1, 0.15) is 4.90 Å². The van der Waals surface area contributed by atoms with Crippen molar-refractivity contribution in [2.45, 2.75) is 10.1 Å². The van der Waals surface area contributed by atoms with Gasteiger partial charge in [0.15, 0.2) is 11.0 Å². The molecule has 180 valence electrons. The van der Waals surface area contributed by atoms with Crippen LogP contribution < -0.4 is 14.2 Å². The van der Waals surface area contributed by atoms with Crippen molar-refractivity contribution < 1.29 is 21.9 Å². The number of fused-ring (bicyclic) bond motifs is 1. The number of anilines is 2. The molecule has 1 amide bonds. The lowest BCUT2D eigenvalue weighted by Gasteiger charge is -2.28. The first-order chi connectivity index (χ1) is 17.0. The van der Waals surface area contributed by atoms with E-state index in [-0.39, 0.29) is 16.6 Å². The van der Waals surface area contributed by atoms with E-state index in [4.69, 9.17) is 4.74 Å². The number of carbonyl (C=O) groups is 1. The number of hydrogen-bond acceptors (Lipinski definition) is 6. The van der Waals surface area contributed by atoms with Crippen molar-refractivity contribution in [2.24, 2.45) is 0 Å². The normalized spacial score (nSPS) is 14.2. The number of nitrogens with zero attached hydrogens (tertiary/aromatic N) is 2. The monoisotopic (exact) mass is 509 g/mol. The van der Waals surface area contributed by atoms with E-state index in [0.717, 1.165) is 30.5 Å². The van der Waals surface area contributed by atoms with Gasteiger partial charge in [0.2, 0.25) is 5.91 Å². The average Bonchev–Trinajstić information content (AvgIpc) is 3.28. The number of ether oxygens (including phenoxy) is 1. The highest BCUT2D eigenvalue weighted by Crippen LogP contribution is 2.23. The fraction of sp³-hybridized carbons (Fsp3) is 0.200. The van der Waals surface area contributed by atoms with Gasteiger partial charge in [0, 0.05) is 24.5 Å². The summed E-state index contributed by atoms with van der Waals surface area (Å²) in [5.74, 6) is -0.182. The van der Waals surface area contributed by atoms with E-state index in [1.165, 1.54) is 3.97 Å². The second kappa shape index (κ2) is 10.1. The molecule has 8 nitrogen and oxygen atoms in total. The Morgan fingerprint density at radius 3 is 2.40 bits per heavy atom. The van der Waals surface area contributed by atoms with Crippen LogP contribution in [0.4, 0.5) is 11.4 Å². The summed E-state index contributed by atoms with van der Waals surface area (Å²) in [4.78, 5) is 18.3. The van der Waals surface area contributed by atoms with E-state index in [2.05, 4.69) is 15.2 Å². The molecule has 0 unspecified atom stereocenters. The van der Waals surface area contributed by atoms with E-state index in [1.54, 1.807) is 42.5 Å². The van der Waals surface area contributed by atoms with Crippen molar-refractivity contribution in [1.82, 2.24) is 4.98 Å². The van der Waals surface area contributed by atoms with Crippen molar-refractivity contribution in [1.29, 1.82) is 0 Å². The number of H-pyrrole nitrogens is 1. The van der Waals surface area contributed by atoms with Crippen LogP contribution >= 0.6 is 11.8 Å². The molecule has 0 saturated carbocycles. The quantitative estimate of drug-likeness (QED) is 0.293. The Morgan fingerprint density at radius 2 is 1.66 bits per heavy atom. The van der Waals surface area contributed by atoms with E-state index < -0.39 is 10.0 Å². The molecule has 2 heterocycles. The number of imidazole rings is 1. The van der Waals surface area contributed by atoms with Gasteiger partial charge >= 0.3 is 15.2 Å². The molecular weight excluding hydrogens is 484 g/mol. The largest absolute Gasteiger partial charge is 0.378 e. The number of carbonyl (C=O) groups excluding carboxylic acids is 1. The number of benzene rings is 3. The van der Waals surface area contributed by atoms with Crippen molar-refractivity contribution in [3.8, 4) is 0 Å².